The molecule has 0 aliphatic carbocycles. The fraction of sp³-hybridized carbons (Fsp3) is 0.231. The number of carbonyl (C=O) groups is 2. The van der Waals surface area contributed by atoms with Crippen molar-refractivity contribution in [2.75, 3.05) is 19.1 Å². The molecule has 36 heavy (non-hydrogen) atoms. The van der Waals surface area contributed by atoms with Crippen molar-refractivity contribution < 1.29 is 28.8 Å². The lowest BCUT2D eigenvalue weighted by atomic mass is 9.89. The number of nitro benzene ring substituents is 1. The highest BCUT2D eigenvalue weighted by atomic mass is 16.7. The van der Waals surface area contributed by atoms with Crippen LogP contribution in [0.4, 0.5) is 11.4 Å². The van der Waals surface area contributed by atoms with Gasteiger partial charge in [0.25, 0.3) is 11.6 Å². The fourth-order valence-electron chi connectivity index (χ4n) is 4.84. The van der Waals surface area contributed by atoms with E-state index in [-0.39, 0.29) is 11.4 Å². The Morgan fingerprint density at radius 2 is 1.64 bits per heavy atom. The van der Waals surface area contributed by atoms with Crippen LogP contribution in [0, 0.1) is 16.0 Å². The smallest absolute Gasteiger partial charge is 0.269 e. The number of methoxy groups -OCH3 is 2. The molecule has 3 atom stereocenters. The van der Waals surface area contributed by atoms with Crippen molar-refractivity contribution in [3.8, 4) is 11.5 Å². The third-order valence-electron chi connectivity index (χ3n) is 6.45. The average Bonchev–Trinajstić information content (AvgIpc) is 3.38. The molecule has 0 bridgehead atoms. The molecule has 0 saturated carbocycles. The number of nitrogens with zero attached hydrogens (tertiary/aromatic N) is 3. The first-order valence-electron chi connectivity index (χ1n) is 11.2. The van der Waals surface area contributed by atoms with E-state index in [1.54, 1.807) is 17.2 Å². The molecule has 3 aromatic rings. The van der Waals surface area contributed by atoms with Crippen LogP contribution in [0.5, 0.6) is 11.5 Å². The van der Waals surface area contributed by atoms with Gasteiger partial charge in [-0.15, -0.1) is 0 Å². The Balaban J connectivity index is 1.56. The maximum absolute atomic E-state index is 13.7. The topological polar surface area (TPSA) is 111 Å². The zero-order valence-electron chi connectivity index (χ0n) is 19.6. The van der Waals surface area contributed by atoms with Gasteiger partial charge in [0.15, 0.2) is 17.6 Å². The number of imide groups is 1. The van der Waals surface area contributed by atoms with E-state index in [0.717, 1.165) is 10.5 Å². The number of hydrogen-bond acceptors (Lipinski definition) is 8. The van der Waals surface area contributed by atoms with Gasteiger partial charge in [0.2, 0.25) is 5.91 Å². The summed E-state index contributed by atoms with van der Waals surface area (Å²) in [5, 5.41) is 12.7. The van der Waals surface area contributed by atoms with Gasteiger partial charge in [0.05, 0.1) is 36.8 Å². The summed E-state index contributed by atoms with van der Waals surface area (Å²) in [4.78, 5) is 44.9. The Hall–Kier alpha value is -4.28. The highest BCUT2D eigenvalue weighted by molar-refractivity contribution is 6.23. The van der Waals surface area contributed by atoms with Gasteiger partial charge in [0.1, 0.15) is 0 Å². The summed E-state index contributed by atoms with van der Waals surface area (Å²) in [5.74, 6) is -0.911. The molecule has 0 N–H and O–H groups in total. The van der Waals surface area contributed by atoms with Crippen LogP contribution in [-0.2, 0) is 21.0 Å². The van der Waals surface area contributed by atoms with Crippen molar-refractivity contribution >= 4 is 23.2 Å². The van der Waals surface area contributed by atoms with Crippen LogP contribution in [0.15, 0.2) is 72.8 Å². The van der Waals surface area contributed by atoms with Gasteiger partial charge in [-0.3, -0.25) is 24.5 Å². The van der Waals surface area contributed by atoms with Crippen LogP contribution in [0.1, 0.15) is 17.2 Å². The summed E-state index contributed by atoms with van der Waals surface area (Å²) in [5.41, 5.74) is 1.70. The standard InChI is InChI=1S/C26H23N3O7/c1-34-20-10-6-9-19(23(20)35-2)22-21-24(36-27(22)15-16-7-4-3-5-8-16)26(31)28(25(21)30)17-11-13-18(14-12-17)29(32)33/h3-14,21-22,24H,15H2,1-2H3/t21-,22+,24+/m1/s1. The Kier molecular flexibility index (Phi) is 6.13. The first-order valence-corrected chi connectivity index (χ1v) is 11.2. The molecular weight excluding hydrogens is 466 g/mol. The van der Waals surface area contributed by atoms with Crippen LogP contribution in [-0.4, -0.2) is 42.1 Å². The maximum atomic E-state index is 13.7. The van der Waals surface area contributed by atoms with E-state index >= 15 is 0 Å². The Labute approximate surface area is 206 Å². The highest BCUT2D eigenvalue weighted by Crippen LogP contribution is 2.50. The normalized spacial score (nSPS) is 21.5. The lowest BCUT2D eigenvalue weighted by molar-refractivity contribution is -0.384. The number of carbonyl (C=O) groups excluding carboxylic acids is 2. The van der Waals surface area contributed by atoms with E-state index in [1.165, 1.54) is 38.5 Å². The van der Waals surface area contributed by atoms with Crippen LogP contribution in [0.3, 0.4) is 0 Å². The van der Waals surface area contributed by atoms with Crippen molar-refractivity contribution in [3.63, 3.8) is 0 Å². The number of anilines is 1. The lowest BCUT2D eigenvalue weighted by Gasteiger charge is -2.28. The monoisotopic (exact) mass is 489 g/mol. The lowest BCUT2D eigenvalue weighted by Crippen LogP contribution is -2.37. The molecular formula is C26H23N3O7. The second-order valence-electron chi connectivity index (χ2n) is 8.43. The zero-order valence-corrected chi connectivity index (χ0v) is 19.6. The summed E-state index contributed by atoms with van der Waals surface area (Å²) in [6, 6.07) is 19.6. The van der Waals surface area contributed by atoms with Gasteiger partial charge in [-0.2, -0.15) is 5.06 Å². The number of ether oxygens (including phenoxy) is 2. The van der Waals surface area contributed by atoms with Gasteiger partial charge < -0.3 is 9.47 Å². The summed E-state index contributed by atoms with van der Waals surface area (Å²) in [6.07, 6.45) is -1.06. The molecule has 184 valence electrons. The molecule has 2 fully saturated rings. The predicted octanol–water partition coefficient (Wildman–Crippen LogP) is 3.66. The molecule has 2 aliphatic heterocycles. The maximum Gasteiger partial charge on any atom is 0.269 e. The van der Waals surface area contributed by atoms with Crippen LogP contribution < -0.4 is 14.4 Å². The van der Waals surface area contributed by atoms with Crippen LogP contribution in [0.25, 0.3) is 0 Å². The largest absolute Gasteiger partial charge is 0.493 e. The minimum Gasteiger partial charge on any atom is -0.493 e. The molecule has 0 aromatic heterocycles. The quantitative estimate of drug-likeness (QED) is 0.281. The molecule has 0 spiro atoms. The molecule has 10 nitrogen and oxygen atoms in total. The number of amides is 2. The van der Waals surface area contributed by atoms with E-state index in [2.05, 4.69) is 0 Å². The van der Waals surface area contributed by atoms with Crippen molar-refractivity contribution in [3.05, 3.63) is 94.0 Å². The number of hydrogen-bond donors (Lipinski definition) is 0. The van der Waals surface area contributed by atoms with E-state index in [9.17, 15) is 19.7 Å². The van der Waals surface area contributed by atoms with Crippen molar-refractivity contribution in [1.29, 1.82) is 0 Å². The van der Waals surface area contributed by atoms with Crippen molar-refractivity contribution in [1.82, 2.24) is 5.06 Å². The third kappa shape index (κ3) is 3.86. The first-order chi connectivity index (χ1) is 17.4. The van der Waals surface area contributed by atoms with E-state index in [0.29, 0.717) is 23.6 Å². The number of nitro groups is 1. The van der Waals surface area contributed by atoms with Gasteiger partial charge >= 0.3 is 0 Å². The number of rotatable bonds is 7. The molecule has 2 saturated heterocycles. The molecule has 3 aromatic carbocycles. The van der Waals surface area contributed by atoms with Gasteiger partial charge in [0, 0.05) is 24.2 Å². The van der Waals surface area contributed by atoms with Crippen molar-refractivity contribution in [2.24, 2.45) is 5.92 Å². The number of hydroxylamine groups is 2. The average molecular weight is 489 g/mol. The van der Waals surface area contributed by atoms with E-state index in [1.807, 2.05) is 36.4 Å². The number of para-hydroxylation sites is 1. The Morgan fingerprint density at radius 1 is 0.917 bits per heavy atom. The molecule has 0 radical (unpaired) electrons. The van der Waals surface area contributed by atoms with E-state index in [4.69, 9.17) is 14.3 Å². The molecule has 0 unspecified atom stereocenters. The summed E-state index contributed by atoms with van der Waals surface area (Å²) in [7, 11) is 3.04. The number of non-ortho nitro benzene ring substituents is 1. The van der Waals surface area contributed by atoms with E-state index < -0.39 is 34.8 Å². The SMILES string of the molecule is COc1cccc([C@H]2[C@H]3C(=O)N(c4ccc([N+](=O)[O-])cc4)C(=O)[C@H]3ON2Cc2ccccc2)c1OC. The fourth-order valence-corrected chi connectivity index (χ4v) is 4.84. The minimum absolute atomic E-state index is 0.137. The third-order valence-corrected chi connectivity index (χ3v) is 6.45. The molecule has 2 heterocycles. The number of benzene rings is 3. The summed E-state index contributed by atoms with van der Waals surface area (Å²) >= 11 is 0. The van der Waals surface area contributed by atoms with Crippen molar-refractivity contribution in [2.45, 2.75) is 18.7 Å². The Bertz CT molecular complexity index is 1310. The second kappa shape index (κ2) is 9.40. The molecule has 2 amide bonds. The van der Waals surface area contributed by atoms with Gasteiger partial charge in [-0.05, 0) is 23.8 Å². The first kappa shape index (κ1) is 23.5. The van der Waals surface area contributed by atoms with Crippen LogP contribution in [0.2, 0.25) is 0 Å². The summed E-state index contributed by atoms with van der Waals surface area (Å²) in [6.45, 7) is 0.330. The minimum atomic E-state index is -1.06. The second-order valence-corrected chi connectivity index (χ2v) is 8.43. The molecule has 2 aliphatic rings. The molecule has 10 heteroatoms. The summed E-state index contributed by atoms with van der Waals surface area (Å²) < 4.78 is 11.1. The number of fused-ring (bicyclic) bond motifs is 1. The Morgan fingerprint density at radius 3 is 2.28 bits per heavy atom. The van der Waals surface area contributed by atoms with Gasteiger partial charge in [-0.25, -0.2) is 4.90 Å². The highest BCUT2D eigenvalue weighted by Gasteiger charge is 2.60. The van der Waals surface area contributed by atoms with Gasteiger partial charge in [-0.1, -0.05) is 42.5 Å². The van der Waals surface area contributed by atoms with Crippen LogP contribution >= 0.6 is 0 Å². The molecule has 5 rings (SSSR count). The predicted molar refractivity (Wildman–Crippen MR) is 128 cm³/mol. The zero-order chi connectivity index (χ0) is 25.4.